The van der Waals surface area contributed by atoms with Crippen LogP contribution in [0, 0.1) is 18.3 Å². The third-order valence-electron chi connectivity index (χ3n) is 4.71. The summed E-state index contributed by atoms with van der Waals surface area (Å²) in [7, 11) is 1.53. The van der Waals surface area contributed by atoms with Crippen LogP contribution in [0.1, 0.15) is 22.3 Å². The lowest BCUT2D eigenvalue weighted by molar-refractivity contribution is -0.133. The number of likely N-dealkylation sites (N-methyl/N-ethyl adjacent to an activating group) is 1. The molecule has 152 valence electrons. The van der Waals surface area contributed by atoms with Gasteiger partial charge in [-0.1, -0.05) is 36.4 Å². The summed E-state index contributed by atoms with van der Waals surface area (Å²) in [6.45, 7) is 1.45. The molecule has 0 radical (unpaired) electrons. The molecule has 2 aromatic carbocycles. The average Bonchev–Trinajstić information content (AvgIpc) is 2.78. The highest BCUT2D eigenvalue weighted by molar-refractivity contribution is 6.02. The highest BCUT2D eigenvalue weighted by Crippen LogP contribution is 2.27. The summed E-state index contributed by atoms with van der Waals surface area (Å²) in [5, 5.41) is 8.86. The average molecular weight is 404 g/mol. The van der Waals surface area contributed by atoms with E-state index in [0.717, 1.165) is 0 Å². The Kier molecular flexibility index (Phi) is 6.28. The van der Waals surface area contributed by atoms with Gasteiger partial charge in [-0.15, -0.1) is 0 Å². The van der Waals surface area contributed by atoms with Crippen molar-refractivity contribution in [2.45, 2.75) is 13.3 Å². The van der Waals surface area contributed by atoms with E-state index in [1.807, 2.05) is 36.4 Å². The molecule has 1 heterocycles. The molecular formula is C23H20N2O5. The Morgan fingerprint density at radius 2 is 1.87 bits per heavy atom. The van der Waals surface area contributed by atoms with Crippen LogP contribution in [0.5, 0.6) is 0 Å². The maximum absolute atomic E-state index is 12.9. The van der Waals surface area contributed by atoms with Gasteiger partial charge in [-0.05, 0) is 19.1 Å². The highest BCUT2D eigenvalue weighted by atomic mass is 16.5. The van der Waals surface area contributed by atoms with Crippen LogP contribution in [0.3, 0.4) is 0 Å². The number of fused-ring (bicyclic) bond motifs is 1. The van der Waals surface area contributed by atoms with Crippen molar-refractivity contribution >= 4 is 22.8 Å². The lowest BCUT2D eigenvalue weighted by Gasteiger charge is -2.15. The highest BCUT2D eigenvalue weighted by Gasteiger charge is 2.20. The van der Waals surface area contributed by atoms with Crippen molar-refractivity contribution in [3.8, 4) is 17.4 Å². The van der Waals surface area contributed by atoms with Gasteiger partial charge in [0.2, 0.25) is 0 Å². The van der Waals surface area contributed by atoms with E-state index >= 15 is 0 Å². The largest absolute Gasteiger partial charge is 0.455 e. The molecule has 0 fully saturated rings. The van der Waals surface area contributed by atoms with Crippen LogP contribution < -0.4 is 5.43 Å². The number of hydrogen-bond donors (Lipinski definition) is 0. The first-order valence-electron chi connectivity index (χ1n) is 9.34. The normalized spacial score (nSPS) is 10.4. The van der Waals surface area contributed by atoms with Gasteiger partial charge in [-0.3, -0.25) is 9.59 Å². The summed E-state index contributed by atoms with van der Waals surface area (Å²) in [4.78, 5) is 38.9. The number of nitrogens with zero attached hydrogens (tertiary/aromatic N) is 2. The third-order valence-corrected chi connectivity index (χ3v) is 4.71. The molecule has 0 aliphatic rings. The molecule has 3 aromatic rings. The van der Waals surface area contributed by atoms with E-state index in [4.69, 9.17) is 14.4 Å². The smallest absolute Gasteiger partial charge is 0.342 e. The fraction of sp³-hybridized carbons (Fsp3) is 0.217. The number of amides is 1. The number of nitriles is 1. The van der Waals surface area contributed by atoms with Gasteiger partial charge in [0.1, 0.15) is 11.3 Å². The van der Waals surface area contributed by atoms with Gasteiger partial charge in [-0.25, -0.2) is 4.79 Å². The lowest BCUT2D eigenvalue weighted by Crippen LogP contribution is -2.32. The minimum Gasteiger partial charge on any atom is -0.455 e. The van der Waals surface area contributed by atoms with E-state index in [1.165, 1.54) is 18.0 Å². The molecule has 0 aliphatic heterocycles. The maximum atomic E-state index is 12.9. The van der Waals surface area contributed by atoms with Crippen molar-refractivity contribution in [3.63, 3.8) is 0 Å². The molecule has 1 amide bonds. The molecule has 1 aromatic heterocycles. The van der Waals surface area contributed by atoms with Crippen molar-refractivity contribution in [2.75, 3.05) is 20.2 Å². The summed E-state index contributed by atoms with van der Waals surface area (Å²) >= 11 is 0. The van der Waals surface area contributed by atoms with Crippen LogP contribution in [0.2, 0.25) is 0 Å². The Morgan fingerprint density at radius 1 is 1.13 bits per heavy atom. The Balaban J connectivity index is 1.94. The molecule has 30 heavy (non-hydrogen) atoms. The molecular weight excluding hydrogens is 384 g/mol. The standard InChI is InChI=1S/C23H20N2O5/c1-15-20(27)17-10-6-11-18(22(17)30-21(15)16-8-4-3-5-9-16)23(28)29-14-19(26)25(2)13-7-12-24/h3-6,8-11H,7,13-14H2,1-2H3. The molecule has 7 heteroatoms. The molecule has 0 bridgehead atoms. The predicted molar refractivity (Wildman–Crippen MR) is 111 cm³/mol. The first-order chi connectivity index (χ1) is 14.4. The maximum Gasteiger partial charge on any atom is 0.342 e. The number of ether oxygens (including phenoxy) is 1. The van der Waals surface area contributed by atoms with E-state index < -0.39 is 18.5 Å². The SMILES string of the molecule is Cc1c(-c2ccccc2)oc2c(C(=O)OCC(=O)N(C)CCC#N)cccc2c1=O. The number of hydrogen-bond acceptors (Lipinski definition) is 6. The van der Waals surface area contributed by atoms with Crippen molar-refractivity contribution in [3.05, 3.63) is 69.9 Å². The Morgan fingerprint density at radius 3 is 2.57 bits per heavy atom. The van der Waals surface area contributed by atoms with E-state index in [2.05, 4.69) is 0 Å². The summed E-state index contributed by atoms with van der Waals surface area (Å²) in [6, 6.07) is 15.7. The quantitative estimate of drug-likeness (QED) is 0.585. The van der Waals surface area contributed by atoms with Gasteiger partial charge in [0.25, 0.3) is 5.91 Å². The van der Waals surface area contributed by atoms with Crippen LogP contribution in [0.4, 0.5) is 0 Å². The summed E-state index contributed by atoms with van der Waals surface area (Å²) in [5.41, 5.74) is 1.09. The molecule has 0 aliphatic carbocycles. The Hall–Kier alpha value is -3.92. The van der Waals surface area contributed by atoms with E-state index in [9.17, 15) is 14.4 Å². The first-order valence-corrected chi connectivity index (χ1v) is 9.34. The lowest BCUT2D eigenvalue weighted by atomic mass is 10.0. The summed E-state index contributed by atoms with van der Waals surface area (Å²) in [6.07, 6.45) is 0.187. The zero-order chi connectivity index (χ0) is 21.7. The van der Waals surface area contributed by atoms with Gasteiger partial charge < -0.3 is 14.1 Å². The molecule has 7 nitrogen and oxygen atoms in total. The first kappa shape index (κ1) is 20.8. The van der Waals surface area contributed by atoms with Gasteiger partial charge in [-0.2, -0.15) is 5.26 Å². The molecule has 0 N–H and O–H groups in total. The molecule has 0 unspecified atom stereocenters. The topological polar surface area (TPSA) is 101 Å². The molecule has 0 saturated heterocycles. The number of esters is 1. The molecule has 3 rings (SSSR count). The second kappa shape index (κ2) is 9.05. The third kappa shape index (κ3) is 4.23. The van der Waals surface area contributed by atoms with E-state index in [1.54, 1.807) is 19.1 Å². The van der Waals surface area contributed by atoms with Crippen molar-refractivity contribution < 1.29 is 18.7 Å². The second-order valence-electron chi connectivity index (χ2n) is 6.73. The van der Waals surface area contributed by atoms with Crippen LogP contribution >= 0.6 is 0 Å². The zero-order valence-corrected chi connectivity index (χ0v) is 16.7. The second-order valence-corrected chi connectivity index (χ2v) is 6.73. The zero-order valence-electron chi connectivity index (χ0n) is 16.7. The molecule has 0 atom stereocenters. The van der Waals surface area contributed by atoms with E-state index in [0.29, 0.717) is 16.9 Å². The van der Waals surface area contributed by atoms with Crippen LogP contribution in [0.15, 0.2) is 57.7 Å². The van der Waals surface area contributed by atoms with E-state index in [-0.39, 0.29) is 34.9 Å². The van der Waals surface area contributed by atoms with Gasteiger partial charge in [0.15, 0.2) is 17.6 Å². The van der Waals surface area contributed by atoms with Gasteiger partial charge in [0, 0.05) is 24.7 Å². The molecule has 0 saturated carbocycles. The minimum atomic E-state index is -0.770. The molecule has 0 spiro atoms. The summed E-state index contributed by atoms with van der Waals surface area (Å²) in [5.74, 6) is -0.824. The van der Waals surface area contributed by atoms with Crippen molar-refractivity contribution in [1.29, 1.82) is 5.26 Å². The Bertz CT molecular complexity index is 1190. The number of para-hydroxylation sites is 1. The van der Waals surface area contributed by atoms with Crippen LogP contribution in [0.25, 0.3) is 22.3 Å². The van der Waals surface area contributed by atoms with Crippen molar-refractivity contribution in [2.24, 2.45) is 0 Å². The van der Waals surface area contributed by atoms with Gasteiger partial charge in [0.05, 0.1) is 17.9 Å². The number of carbonyl (C=O) groups excluding carboxylic acids is 2. The van der Waals surface area contributed by atoms with Gasteiger partial charge >= 0.3 is 5.97 Å². The Labute approximate surface area is 173 Å². The van der Waals surface area contributed by atoms with Crippen molar-refractivity contribution in [1.82, 2.24) is 4.90 Å². The number of carbonyl (C=O) groups is 2. The number of rotatable bonds is 6. The van der Waals surface area contributed by atoms with Crippen LogP contribution in [-0.4, -0.2) is 37.0 Å². The predicted octanol–water partition coefficient (Wildman–Crippen LogP) is 3.30. The fourth-order valence-electron chi connectivity index (χ4n) is 2.99. The number of benzene rings is 2. The monoisotopic (exact) mass is 404 g/mol. The minimum absolute atomic E-state index is 0.0641. The van der Waals surface area contributed by atoms with Crippen LogP contribution in [-0.2, 0) is 9.53 Å². The summed E-state index contributed by atoms with van der Waals surface area (Å²) < 4.78 is 11.1. The fourth-order valence-corrected chi connectivity index (χ4v) is 2.99.